The SMILES string of the molecule is Cc1cc(N)cc(NN(C)C)c1. The van der Waals surface area contributed by atoms with Gasteiger partial charge in [0, 0.05) is 19.8 Å². The van der Waals surface area contributed by atoms with Crippen LogP contribution in [0.3, 0.4) is 0 Å². The maximum Gasteiger partial charge on any atom is 0.0512 e. The zero-order valence-electron chi connectivity index (χ0n) is 7.76. The molecule has 3 N–H and O–H groups in total. The van der Waals surface area contributed by atoms with Crippen molar-refractivity contribution in [2.75, 3.05) is 25.3 Å². The standard InChI is InChI=1S/C9H15N3/c1-7-4-8(10)6-9(5-7)11-12(2)3/h4-6,11H,10H2,1-3H3. The second-order valence-corrected chi connectivity index (χ2v) is 3.14. The lowest BCUT2D eigenvalue weighted by atomic mass is 10.2. The third-order valence-corrected chi connectivity index (χ3v) is 1.45. The zero-order valence-corrected chi connectivity index (χ0v) is 7.76. The average Bonchev–Trinajstić information content (AvgIpc) is 1.81. The maximum atomic E-state index is 5.68. The normalized spacial score (nSPS) is 10.3. The predicted octanol–water partition coefficient (Wildman–Crippen LogP) is 1.47. The summed E-state index contributed by atoms with van der Waals surface area (Å²) in [4.78, 5) is 0. The second kappa shape index (κ2) is 3.45. The summed E-state index contributed by atoms with van der Waals surface area (Å²) in [7, 11) is 3.89. The molecule has 0 bridgehead atoms. The van der Waals surface area contributed by atoms with Gasteiger partial charge in [0.25, 0.3) is 0 Å². The summed E-state index contributed by atoms with van der Waals surface area (Å²) < 4.78 is 0. The lowest BCUT2D eigenvalue weighted by Crippen LogP contribution is -2.19. The van der Waals surface area contributed by atoms with Gasteiger partial charge < -0.3 is 11.2 Å². The van der Waals surface area contributed by atoms with Gasteiger partial charge >= 0.3 is 0 Å². The summed E-state index contributed by atoms with van der Waals surface area (Å²) >= 11 is 0. The Labute approximate surface area is 73.1 Å². The van der Waals surface area contributed by atoms with Gasteiger partial charge in [-0.3, -0.25) is 0 Å². The minimum atomic E-state index is 0.791. The van der Waals surface area contributed by atoms with Crippen LogP contribution in [-0.4, -0.2) is 19.1 Å². The highest BCUT2D eigenvalue weighted by molar-refractivity contribution is 5.56. The van der Waals surface area contributed by atoms with Gasteiger partial charge in [0.15, 0.2) is 0 Å². The van der Waals surface area contributed by atoms with Crippen LogP contribution in [0.25, 0.3) is 0 Å². The molecule has 12 heavy (non-hydrogen) atoms. The lowest BCUT2D eigenvalue weighted by molar-refractivity contribution is 0.495. The molecule has 0 heterocycles. The fourth-order valence-corrected chi connectivity index (χ4v) is 1.14. The minimum Gasteiger partial charge on any atom is -0.399 e. The molecule has 0 aliphatic rings. The van der Waals surface area contributed by atoms with Crippen LogP contribution in [0.2, 0.25) is 0 Å². The van der Waals surface area contributed by atoms with E-state index in [1.807, 2.05) is 38.2 Å². The first-order valence-electron chi connectivity index (χ1n) is 3.89. The highest BCUT2D eigenvalue weighted by atomic mass is 15.5. The van der Waals surface area contributed by atoms with E-state index in [2.05, 4.69) is 11.5 Å². The molecule has 0 aliphatic heterocycles. The average molecular weight is 165 g/mol. The molecule has 0 atom stereocenters. The van der Waals surface area contributed by atoms with Crippen LogP contribution >= 0.6 is 0 Å². The predicted molar refractivity (Wildman–Crippen MR) is 52.9 cm³/mol. The third-order valence-electron chi connectivity index (χ3n) is 1.45. The summed E-state index contributed by atoms with van der Waals surface area (Å²) in [6, 6.07) is 5.91. The molecule has 0 amide bonds. The molecule has 1 aromatic carbocycles. The largest absolute Gasteiger partial charge is 0.399 e. The van der Waals surface area contributed by atoms with Crippen molar-refractivity contribution in [2.45, 2.75) is 6.92 Å². The second-order valence-electron chi connectivity index (χ2n) is 3.14. The van der Waals surface area contributed by atoms with Crippen molar-refractivity contribution in [3.05, 3.63) is 23.8 Å². The number of nitrogens with zero attached hydrogens (tertiary/aromatic N) is 1. The minimum absolute atomic E-state index is 0.791. The fraction of sp³-hybridized carbons (Fsp3) is 0.333. The number of benzene rings is 1. The van der Waals surface area contributed by atoms with E-state index in [1.165, 1.54) is 5.56 Å². The van der Waals surface area contributed by atoms with Gasteiger partial charge in [0.1, 0.15) is 0 Å². The quantitative estimate of drug-likeness (QED) is 0.515. The Kier molecular flexibility index (Phi) is 2.55. The van der Waals surface area contributed by atoms with E-state index in [0.717, 1.165) is 11.4 Å². The molecular weight excluding hydrogens is 150 g/mol. The number of hydrogen-bond acceptors (Lipinski definition) is 3. The van der Waals surface area contributed by atoms with Crippen molar-refractivity contribution in [1.82, 2.24) is 5.01 Å². The molecule has 66 valence electrons. The first-order valence-corrected chi connectivity index (χ1v) is 3.89. The van der Waals surface area contributed by atoms with Crippen LogP contribution < -0.4 is 11.2 Å². The van der Waals surface area contributed by atoms with Crippen molar-refractivity contribution in [3.8, 4) is 0 Å². The first kappa shape index (κ1) is 8.87. The van der Waals surface area contributed by atoms with Gasteiger partial charge in [-0.2, -0.15) is 0 Å². The molecule has 0 fully saturated rings. The van der Waals surface area contributed by atoms with Gasteiger partial charge in [0.2, 0.25) is 0 Å². The summed E-state index contributed by atoms with van der Waals surface area (Å²) in [5.41, 5.74) is 11.8. The molecule has 0 radical (unpaired) electrons. The van der Waals surface area contributed by atoms with Crippen molar-refractivity contribution in [3.63, 3.8) is 0 Å². The number of anilines is 2. The van der Waals surface area contributed by atoms with E-state index in [1.54, 1.807) is 0 Å². The number of aryl methyl sites for hydroxylation is 1. The van der Waals surface area contributed by atoms with Crippen LogP contribution in [0.4, 0.5) is 11.4 Å². The Hall–Kier alpha value is -1.22. The molecule has 0 aliphatic carbocycles. The van der Waals surface area contributed by atoms with Crippen LogP contribution in [-0.2, 0) is 0 Å². The van der Waals surface area contributed by atoms with E-state index in [4.69, 9.17) is 5.73 Å². The Morgan fingerprint density at radius 3 is 2.42 bits per heavy atom. The molecule has 3 heteroatoms. The number of nitrogens with one attached hydrogen (secondary N) is 1. The molecule has 1 aromatic rings. The van der Waals surface area contributed by atoms with Crippen LogP contribution in [0.5, 0.6) is 0 Å². The molecule has 0 saturated heterocycles. The lowest BCUT2D eigenvalue weighted by Gasteiger charge is -2.14. The third kappa shape index (κ3) is 2.43. The zero-order chi connectivity index (χ0) is 9.14. The fourth-order valence-electron chi connectivity index (χ4n) is 1.14. The van der Waals surface area contributed by atoms with E-state index >= 15 is 0 Å². The topological polar surface area (TPSA) is 41.3 Å². The van der Waals surface area contributed by atoms with Crippen LogP contribution in [0.1, 0.15) is 5.56 Å². The van der Waals surface area contributed by atoms with E-state index < -0.39 is 0 Å². The Morgan fingerprint density at radius 2 is 1.92 bits per heavy atom. The van der Waals surface area contributed by atoms with E-state index in [-0.39, 0.29) is 0 Å². The summed E-state index contributed by atoms with van der Waals surface area (Å²) in [6.07, 6.45) is 0. The summed E-state index contributed by atoms with van der Waals surface area (Å²) in [5, 5.41) is 1.88. The van der Waals surface area contributed by atoms with Crippen molar-refractivity contribution in [1.29, 1.82) is 0 Å². The molecule has 0 saturated carbocycles. The van der Waals surface area contributed by atoms with Crippen LogP contribution in [0, 0.1) is 6.92 Å². The highest BCUT2D eigenvalue weighted by Gasteiger charge is 1.95. The molecule has 0 spiro atoms. The van der Waals surface area contributed by atoms with E-state index in [0.29, 0.717) is 0 Å². The van der Waals surface area contributed by atoms with Gasteiger partial charge in [-0.15, -0.1) is 0 Å². The number of hydrogen-bond donors (Lipinski definition) is 2. The van der Waals surface area contributed by atoms with Gasteiger partial charge in [-0.1, -0.05) is 0 Å². The van der Waals surface area contributed by atoms with E-state index in [9.17, 15) is 0 Å². The Bertz CT molecular complexity index is 248. The summed E-state index contributed by atoms with van der Waals surface area (Å²) in [5.74, 6) is 0. The monoisotopic (exact) mass is 165 g/mol. The van der Waals surface area contributed by atoms with Crippen LogP contribution in [0.15, 0.2) is 18.2 Å². The van der Waals surface area contributed by atoms with Crippen molar-refractivity contribution < 1.29 is 0 Å². The molecule has 3 nitrogen and oxygen atoms in total. The summed E-state index contributed by atoms with van der Waals surface area (Å²) in [6.45, 7) is 2.02. The Balaban J connectivity index is 2.85. The molecule has 0 aromatic heterocycles. The Morgan fingerprint density at radius 1 is 1.25 bits per heavy atom. The van der Waals surface area contributed by atoms with Gasteiger partial charge in [-0.25, -0.2) is 5.01 Å². The van der Waals surface area contributed by atoms with Gasteiger partial charge in [-0.05, 0) is 30.7 Å². The molecular formula is C9H15N3. The number of rotatable bonds is 2. The van der Waals surface area contributed by atoms with Crippen molar-refractivity contribution in [2.24, 2.45) is 0 Å². The number of nitrogen functional groups attached to an aromatic ring is 1. The van der Waals surface area contributed by atoms with Crippen molar-refractivity contribution >= 4 is 11.4 Å². The number of nitrogens with two attached hydrogens (primary N) is 1. The first-order chi connectivity index (χ1) is 5.58. The smallest absolute Gasteiger partial charge is 0.0512 e. The highest BCUT2D eigenvalue weighted by Crippen LogP contribution is 2.15. The molecule has 0 unspecified atom stereocenters. The maximum absolute atomic E-state index is 5.68. The number of hydrazine groups is 1. The molecule has 1 rings (SSSR count). The van der Waals surface area contributed by atoms with Gasteiger partial charge in [0.05, 0.1) is 5.69 Å².